The first kappa shape index (κ1) is 17.2. The lowest BCUT2D eigenvalue weighted by Gasteiger charge is -2.34. The minimum absolute atomic E-state index is 0.110. The molecular weight excluding hydrogens is 363 g/mol. The van der Waals surface area contributed by atoms with E-state index in [-0.39, 0.29) is 22.8 Å². The average molecular weight is 383 g/mol. The molecule has 5 nitrogen and oxygen atoms in total. The number of halogens is 2. The molecule has 1 fully saturated rings. The van der Waals surface area contributed by atoms with Crippen molar-refractivity contribution in [1.82, 2.24) is 15.0 Å². The van der Waals surface area contributed by atoms with Gasteiger partial charge in [-0.1, -0.05) is 30.3 Å². The SMILES string of the molecule is CCSc1nc2c3c(nc(Cl)c(F)c3n1)CC[C@H]1COCC[C@H](C)N21. The lowest BCUT2D eigenvalue weighted by Crippen LogP contribution is -2.43. The molecule has 0 bridgehead atoms. The van der Waals surface area contributed by atoms with Crippen LogP contribution in [0.25, 0.3) is 10.9 Å². The van der Waals surface area contributed by atoms with Crippen molar-refractivity contribution in [2.75, 3.05) is 23.9 Å². The van der Waals surface area contributed by atoms with E-state index >= 15 is 0 Å². The van der Waals surface area contributed by atoms with Crippen LogP contribution in [0.4, 0.5) is 10.2 Å². The zero-order valence-corrected chi connectivity index (χ0v) is 15.8. The lowest BCUT2D eigenvalue weighted by molar-refractivity contribution is 0.131. The summed E-state index contributed by atoms with van der Waals surface area (Å²) in [7, 11) is 0. The maximum atomic E-state index is 14.7. The van der Waals surface area contributed by atoms with Crippen molar-refractivity contribution < 1.29 is 9.13 Å². The Morgan fingerprint density at radius 2 is 2.16 bits per heavy atom. The zero-order valence-electron chi connectivity index (χ0n) is 14.3. The highest BCUT2D eigenvalue weighted by atomic mass is 35.5. The first-order valence-electron chi connectivity index (χ1n) is 8.64. The van der Waals surface area contributed by atoms with Crippen molar-refractivity contribution in [2.45, 2.75) is 50.4 Å². The number of fused-ring (bicyclic) bond motifs is 2. The summed E-state index contributed by atoms with van der Waals surface area (Å²) >= 11 is 7.55. The minimum Gasteiger partial charge on any atom is -0.379 e. The Labute approximate surface area is 155 Å². The number of hydrogen-bond acceptors (Lipinski definition) is 6. The number of anilines is 1. The second kappa shape index (κ2) is 6.85. The molecule has 2 aromatic heterocycles. The van der Waals surface area contributed by atoms with Crippen molar-refractivity contribution in [2.24, 2.45) is 0 Å². The third-order valence-corrected chi connectivity index (χ3v) is 5.85. The Balaban J connectivity index is 2.01. The molecule has 8 heteroatoms. The zero-order chi connectivity index (χ0) is 17.6. The van der Waals surface area contributed by atoms with Gasteiger partial charge in [0.05, 0.1) is 23.7 Å². The van der Waals surface area contributed by atoms with Gasteiger partial charge in [-0.25, -0.2) is 19.3 Å². The van der Waals surface area contributed by atoms with Crippen LogP contribution in [-0.2, 0) is 11.2 Å². The average Bonchev–Trinajstić information content (AvgIpc) is 2.86. The second-order valence-corrected chi connectivity index (χ2v) is 8.05. The molecule has 0 unspecified atom stereocenters. The predicted molar refractivity (Wildman–Crippen MR) is 98.2 cm³/mol. The quantitative estimate of drug-likeness (QED) is 0.446. The molecule has 0 aliphatic carbocycles. The molecule has 4 rings (SSSR count). The standard InChI is InChI=1S/C17H20ClFN4OS/c1-3-25-17-21-14-12-11(20-15(18)13(14)19)5-4-10-8-24-7-6-9(2)23(10)16(12)22-17/h9-10H,3-8H2,1-2H3/t9-,10-/m0/s1. The first-order valence-corrected chi connectivity index (χ1v) is 10.0. The van der Waals surface area contributed by atoms with Gasteiger partial charge < -0.3 is 9.64 Å². The molecule has 4 heterocycles. The molecule has 0 aromatic carbocycles. The van der Waals surface area contributed by atoms with E-state index in [9.17, 15) is 4.39 Å². The first-order chi connectivity index (χ1) is 12.1. The molecule has 134 valence electrons. The van der Waals surface area contributed by atoms with E-state index in [0.29, 0.717) is 23.6 Å². The van der Waals surface area contributed by atoms with Crippen molar-refractivity contribution >= 4 is 40.1 Å². The summed E-state index contributed by atoms with van der Waals surface area (Å²) in [6.07, 6.45) is 2.50. The van der Waals surface area contributed by atoms with Crippen molar-refractivity contribution in [3.8, 4) is 0 Å². The van der Waals surface area contributed by atoms with Crippen molar-refractivity contribution in [3.63, 3.8) is 0 Å². The second-order valence-electron chi connectivity index (χ2n) is 6.46. The number of aryl methyl sites for hydroxylation is 1. The van der Waals surface area contributed by atoms with E-state index in [2.05, 4.69) is 21.8 Å². The monoisotopic (exact) mass is 382 g/mol. The Bertz CT molecular complexity index is 821. The number of thioether (sulfide) groups is 1. The van der Waals surface area contributed by atoms with Crippen LogP contribution in [0.15, 0.2) is 5.16 Å². The molecular formula is C17H20ClFN4OS. The van der Waals surface area contributed by atoms with Gasteiger partial charge >= 0.3 is 0 Å². The molecule has 0 radical (unpaired) electrons. The van der Waals surface area contributed by atoms with Gasteiger partial charge in [-0.05, 0) is 31.9 Å². The van der Waals surface area contributed by atoms with E-state index in [1.165, 1.54) is 11.8 Å². The Kier molecular flexibility index (Phi) is 4.73. The Morgan fingerprint density at radius 3 is 2.96 bits per heavy atom. The highest BCUT2D eigenvalue weighted by molar-refractivity contribution is 7.99. The Hall–Kier alpha value is -1.18. The summed E-state index contributed by atoms with van der Waals surface area (Å²) in [6, 6.07) is 0.459. The molecule has 2 aromatic rings. The topological polar surface area (TPSA) is 51.1 Å². The van der Waals surface area contributed by atoms with Crippen molar-refractivity contribution in [1.29, 1.82) is 0 Å². The fraction of sp³-hybridized carbons (Fsp3) is 0.588. The van der Waals surface area contributed by atoms with Crippen LogP contribution >= 0.6 is 23.4 Å². The van der Waals surface area contributed by atoms with Gasteiger partial charge in [0.15, 0.2) is 16.1 Å². The number of pyridine rings is 1. The maximum absolute atomic E-state index is 14.7. The summed E-state index contributed by atoms with van der Waals surface area (Å²) in [4.78, 5) is 15.9. The van der Waals surface area contributed by atoms with E-state index < -0.39 is 5.82 Å². The largest absolute Gasteiger partial charge is 0.379 e. The Morgan fingerprint density at radius 1 is 1.32 bits per heavy atom. The molecule has 0 N–H and O–H groups in total. The number of hydrogen-bond donors (Lipinski definition) is 0. The molecule has 25 heavy (non-hydrogen) atoms. The molecule has 2 aliphatic rings. The smallest absolute Gasteiger partial charge is 0.190 e. The maximum Gasteiger partial charge on any atom is 0.190 e. The third-order valence-electron chi connectivity index (χ3n) is 4.87. The molecule has 0 saturated carbocycles. The molecule has 1 saturated heterocycles. The van der Waals surface area contributed by atoms with Crippen LogP contribution in [0, 0.1) is 5.82 Å². The van der Waals surface area contributed by atoms with Crippen LogP contribution in [0.3, 0.4) is 0 Å². The third kappa shape index (κ3) is 2.96. The molecule has 2 aliphatic heterocycles. The van der Waals surface area contributed by atoms with Gasteiger partial charge in [0.25, 0.3) is 0 Å². The van der Waals surface area contributed by atoms with Crippen LogP contribution in [0.1, 0.15) is 32.4 Å². The number of ether oxygens (including phenoxy) is 1. The number of aromatic nitrogens is 3. The fourth-order valence-corrected chi connectivity index (χ4v) is 4.45. The van der Waals surface area contributed by atoms with E-state index in [1.54, 1.807) is 0 Å². The van der Waals surface area contributed by atoms with Gasteiger partial charge in [-0.3, -0.25) is 0 Å². The van der Waals surface area contributed by atoms with Gasteiger partial charge in [0.1, 0.15) is 11.3 Å². The number of nitrogens with zero attached hydrogens (tertiary/aromatic N) is 4. The van der Waals surface area contributed by atoms with Gasteiger partial charge in [0, 0.05) is 12.6 Å². The lowest BCUT2D eigenvalue weighted by atomic mass is 10.1. The van der Waals surface area contributed by atoms with E-state index in [1.807, 2.05) is 6.92 Å². The summed E-state index contributed by atoms with van der Waals surface area (Å²) in [5, 5.41) is 1.18. The van der Waals surface area contributed by atoms with Crippen LogP contribution in [0.2, 0.25) is 5.15 Å². The molecule has 0 spiro atoms. The van der Waals surface area contributed by atoms with Gasteiger partial charge in [-0.15, -0.1) is 0 Å². The van der Waals surface area contributed by atoms with Crippen LogP contribution in [-0.4, -0.2) is 46.0 Å². The summed E-state index contributed by atoms with van der Waals surface area (Å²) in [5.41, 5.74) is 1.07. The number of rotatable bonds is 2. The van der Waals surface area contributed by atoms with Crippen LogP contribution in [0.5, 0.6) is 0 Å². The van der Waals surface area contributed by atoms with Crippen LogP contribution < -0.4 is 4.90 Å². The van der Waals surface area contributed by atoms with Gasteiger partial charge in [-0.2, -0.15) is 0 Å². The van der Waals surface area contributed by atoms with E-state index in [0.717, 1.165) is 36.7 Å². The summed E-state index contributed by atoms with van der Waals surface area (Å²) < 4.78 is 20.5. The predicted octanol–water partition coefficient (Wildman–Crippen LogP) is 3.86. The minimum atomic E-state index is -0.556. The highest BCUT2D eigenvalue weighted by Gasteiger charge is 2.34. The fourth-order valence-electron chi connectivity index (χ4n) is 3.70. The van der Waals surface area contributed by atoms with Gasteiger partial charge in [0.2, 0.25) is 0 Å². The van der Waals surface area contributed by atoms with E-state index in [4.69, 9.17) is 21.3 Å². The summed E-state index contributed by atoms with van der Waals surface area (Å²) in [5.74, 6) is 1.04. The molecule has 2 atom stereocenters. The summed E-state index contributed by atoms with van der Waals surface area (Å²) in [6.45, 7) is 5.59. The van der Waals surface area contributed by atoms with Crippen molar-refractivity contribution in [3.05, 3.63) is 16.7 Å². The normalized spacial score (nSPS) is 23.3. The molecule has 0 amide bonds. The highest BCUT2D eigenvalue weighted by Crippen LogP contribution is 2.38.